The lowest BCUT2D eigenvalue weighted by Gasteiger charge is -2.12. The summed E-state index contributed by atoms with van der Waals surface area (Å²) in [7, 11) is 0. The molecule has 0 radical (unpaired) electrons. The molecule has 3 nitrogen and oxygen atoms in total. The zero-order valence-electron chi connectivity index (χ0n) is 14.5. The van der Waals surface area contributed by atoms with Crippen LogP contribution >= 0.6 is 15.9 Å². The van der Waals surface area contributed by atoms with Crippen LogP contribution < -0.4 is 5.32 Å². The number of rotatable bonds is 4. The van der Waals surface area contributed by atoms with Crippen molar-refractivity contribution in [2.75, 3.05) is 5.32 Å². The summed E-state index contributed by atoms with van der Waals surface area (Å²) in [5.41, 5.74) is 4.57. The van der Waals surface area contributed by atoms with Gasteiger partial charge in [-0.05, 0) is 49.6 Å². The Bertz CT molecular complexity index is 910. The largest absolute Gasteiger partial charge is 0.461 e. The molecule has 1 amide bonds. The van der Waals surface area contributed by atoms with Crippen LogP contribution in [0.25, 0.3) is 11.3 Å². The first-order valence-electron chi connectivity index (χ1n) is 8.25. The summed E-state index contributed by atoms with van der Waals surface area (Å²) in [5.74, 6) is 1.16. The standard InChI is InChI=1S/C21H20BrNO2/c1-4-15-7-5-6-13(2)20(15)23-21(24)18-12-19(25-14(18)3)16-8-10-17(22)11-9-16/h5-12H,4H2,1-3H3,(H,23,24). The Hall–Kier alpha value is -2.33. The molecule has 0 aliphatic heterocycles. The van der Waals surface area contributed by atoms with Crippen molar-refractivity contribution in [2.45, 2.75) is 27.2 Å². The molecule has 0 aliphatic rings. The highest BCUT2D eigenvalue weighted by Crippen LogP contribution is 2.28. The molecular weight excluding hydrogens is 378 g/mol. The third-order valence-electron chi connectivity index (χ3n) is 4.27. The van der Waals surface area contributed by atoms with E-state index in [0.717, 1.165) is 33.3 Å². The molecule has 3 rings (SSSR count). The number of benzene rings is 2. The van der Waals surface area contributed by atoms with E-state index in [1.807, 2.05) is 56.3 Å². The number of aryl methyl sites for hydroxylation is 3. The predicted molar refractivity (Wildman–Crippen MR) is 105 cm³/mol. The number of anilines is 1. The summed E-state index contributed by atoms with van der Waals surface area (Å²) in [5, 5.41) is 3.05. The van der Waals surface area contributed by atoms with Gasteiger partial charge in [-0.2, -0.15) is 0 Å². The van der Waals surface area contributed by atoms with Crippen LogP contribution in [0.2, 0.25) is 0 Å². The van der Waals surface area contributed by atoms with E-state index in [1.54, 1.807) is 6.07 Å². The SMILES string of the molecule is CCc1cccc(C)c1NC(=O)c1cc(-c2ccc(Br)cc2)oc1C. The molecule has 128 valence electrons. The van der Waals surface area contributed by atoms with Gasteiger partial charge in [0.25, 0.3) is 5.91 Å². The molecule has 0 unspecified atom stereocenters. The van der Waals surface area contributed by atoms with E-state index in [2.05, 4.69) is 28.2 Å². The van der Waals surface area contributed by atoms with E-state index in [0.29, 0.717) is 17.1 Å². The number of furan rings is 1. The average Bonchev–Trinajstić information content (AvgIpc) is 2.99. The van der Waals surface area contributed by atoms with Gasteiger partial charge in [-0.25, -0.2) is 0 Å². The molecule has 3 aromatic rings. The lowest BCUT2D eigenvalue weighted by molar-refractivity contribution is 0.102. The number of amides is 1. The van der Waals surface area contributed by atoms with Crippen LogP contribution in [0.1, 0.15) is 34.2 Å². The summed E-state index contributed by atoms with van der Waals surface area (Å²) >= 11 is 3.42. The van der Waals surface area contributed by atoms with Gasteiger partial charge in [-0.15, -0.1) is 0 Å². The summed E-state index contributed by atoms with van der Waals surface area (Å²) in [6.45, 7) is 5.90. The number of carbonyl (C=O) groups is 1. The normalized spacial score (nSPS) is 10.7. The molecule has 0 aliphatic carbocycles. The van der Waals surface area contributed by atoms with E-state index < -0.39 is 0 Å². The summed E-state index contributed by atoms with van der Waals surface area (Å²) in [6, 6.07) is 15.7. The lowest BCUT2D eigenvalue weighted by atomic mass is 10.1. The Morgan fingerprint density at radius 1 is 1.12 bits per heavy atom. The quantitative estimate of drug-likeness (QED) is 0.574. The summed E-state index contributed by atoms with van der Waals surface area (Å²) in [6.07, 6.45) is 0.867. The fraction of sp³-hybridized carbons (Fsp3) is 0.190. The Morgan fingerprint density at radius 3 is 2.52 bits per heavy atom. The number of hydrogen-bond acceptors (Lipinski definition) is 2. The van der Waals surface area contributed by atoms with Gasteiger partial charge < -0.3 is 9.73 Å². The topological polar surface area (TPSA) is 42.2 Å². The van der Waals surface area contributed by atoms with Gasteiger partial charge in [0.1, 0.15) is 11.5 Å². The summed E-state index contributed by atoms with van der Waals surface area (Å²) in [4.78, 5) is 12.8. The molecular formula is C21H20BrNO2. The van der Waals surface area contributed by atoms with Crippen LogP contribution in [-0.4, -0.2) is 5.91 Å². The second-order valence-corrected chi connectivity index (χ2v) is 6.92. The second-order valence-electron chi connectivity index (χ2n) is 6.00. The molecule has 0 bridgehead atoms. The van der Waals surface area contributed by atoms with Gasteiger partial charge in [0, 0.05) is 15.7 Å². The highest BCUT2D eigenvalue weighted by Gasteiger charge is 2.17. The summed E-state index contributed by atoms with van der Waals surface area (Å²) < 4.78 is 6.81. The number of hydrogen-bond donors (Lipinski definition) is 1. The van der Waals surface area contributed by atoms with Crippen molar-refractivity contribution in [1.82, 2.24) is 0 Å². The van der Waals surface area contributed by atoms with E-state index in [9.17, 15) is 4.79 Å². The first kappa shape index (κ1) is 17.5. The van der Waals surface area contributed by atoms with E-state index in [4.69, 9.17) is 4.42 Å². The van der Waals surface area contributed by atoms with Crippen molar-refractivity contribution in [1.29, 1.82) is 0 Å². The zero-order valence-corrected chi connectivity index (χ0v) is 16.1. The Kier molecular flexibility index (Phi) is 5.09. The highest BCUT2D eigenvalue weighted by molar-refractivity contribution is 9.10. The molecule has 4 heteroatoms. The van der Waals surface area contributed by atoms with Crippen molar-refractivity contribution in [3.05, 3.63) is 75.5 Å². The Balaban J connectivity index is 1.90. The fourth-order valence-corrected chi connectivity index (χ4v) is 3.11. The van der Waals surface area contributed by atoms with Gasteiger partial charge in [0.15, 0.2) is 0 Å². The maximum absolute atomic E-state index is 12.8. The third-order valence-corrected chi connectivity index (χ3v) is 4.80. The minimum absolute atomic E-state index is 0.145. The van der Waals surface area contributed by atoms with Crippen LogP contribution in [0, 0.1) is 13.8 Å². The maximum Gasteiger partial charge on any atom is 0.259 e. The molecule has 2 aromatic carbocycles. The van der Waals surface area contributed by atoms with E-state index >= 15 is 0 Å². The Morgan fingerprint density at radius 2 is 1.84 bits per heavy atom. The van der Waals surface area contributed by atoms with E-state index in [1.165, 1.54) is 0 Å². The van der Waals surface area contributed by atoms with Gasteiger partial charge in [0.05, 0.1) is 5.56 Å². The third kappa shape index (κ3) is 3.69. The number of nitrogens with one attached hydrogen (secondary N) is 1. The second kappa shape index (κ2) is 7.28. The molecule has 1 N–H and O–H groups in total. The fourth-order valence-electron chi connectivity index (χ4n) is 2.85. The van der Waals surface area contributed by atoms with E-state index in [-0.39, 0.29) is 5.91 Å². The number of para-hydroxylation sites is 1. The van der Waals surface area contributed by atoms with Crippen molar-refractivity contribution in [3.63, 3.8) is 0 Å². The molecule has 0 saturated heterocycles. The molecule has 1 heterocycles. The van der Waals surface area contributed by atoms with Gasteiger partial charge in [0.2, 0.25) is 0 Å². The Labute approximate surface area is 156 Å². The van der Waals surface area contributed by atoms with Gasteiger partial charge >= 0.3 is 0 Å². The van der Waals surface area contributed by atoms with Crippen LogP contribution in [0.4, 0.5) is 5.69 Å². The number of carbonyl (C=O) groups excluding carboxylic acids is 1. The van der Waals surface area contributed by atoms with Crippen molar-refractivity contribution in [2.24, 2.45) is 0 Å². The van der Waals surface area contributed by atoms with Crippen LogP contribution in [0.5, 0.6) is 0 Å². The average molecular weight is 398 g/mol. The van der Waals surface area contributed by atoms with Crippen molar-refractivity contribution in [3.8, 4) is 11.3 Å². The highest BCUT2D eigenvalue weighted by atomic mass is 79.9. The number of halogens is 1. The lowest BCUT2D eigenvalue weighted by Crippen LogP contribution is -2.14. The predicted octanol–water partition coefficient (Wildman–Crippen LogP) is 6.14. The van der Waals surface area contributed by atoms with Crippen LogP contribution in [0.3, 0.4) is 0 Å². The van der Waals surface area contributed by atoms with Crippen LogP contribution in [-0.2, 0) is 6.42 Å². The van der Waals surface area contributed by atoms with Crippen LogP contribution in [0.15, 0.2) is 57.4 Å². The molecule has 0 atom stereocenters. The van der Waals surface area contributed by atoms with Crippen molar-refractivity contribution >= 4 is 27.5 Å². The maximum atomic E-state index is 12.8. The van der Waals surface area contributed by atoms with Gasteiger partial charge in [-0.1, -0.05) is 53.2 Å². The first-order valence-corrected chi connectivity index (χ1v) is 9.05. The molecule has 0 spiro atoms. The first-order chi connectivity index (χ1) is 12.0. The molecule has 25 heavy (non-hydrogen) atoms. The minimum Gasteiger partial charge on any atom is -0.461 e. The van der Waals surface area contributed by atoms with Crippen molar-refractivity contribution < 1.29 is 9.21 Å². The minimum atomic E-state index is -0.145. The molecule has 1 aromatic heterocycles. The van der Waals surface area contributed by atoms with Gasteiger partial charge in [-0.3, -0.25) is 4.79 Å². The molecule has 0 saturated carbocycles. The monoisotopic (exact) mass is 397 g/mol. The smallest absolute Gasteiger partial charge is 0.259 e. The zero-order chi connectivity index (χ0) is 18.0. The molecule has 0 fully saturated rings.